The number of hydrogen-bond donors (Lipinski definition) is 2. The van der Waals surface area contributed by atoms with E-state index in [9.17, 15) is 4.79 Å². The predicted octanol–water partition coefficient (Wildman–Crippen LogP) is 0.925. The van der Waals surface area contributed by atoms with Gasteiger partial charge in [-0.25, -0.2) is 0 Å². The monoisotopic (exact) mass is 226 g/mol. The van der Waals surface area contributed by atoms with Gasteiger partial charge in [0, 0.05) is 19.1 Å². The van der Waals surface area contributed by atoms with Crippen LogP contribution in [0.3, 0.4) is 0 Å². The average molecular weight is 226 g/mol. The Hall–Kier alpha value is -0.610. The van der Waals surface area contributed by atoms with E-state index in [0.29, 0.717) is 12.6 Å². The maximum Gasteiger partial charge on any atom is 0.304 e. The first-order valence-corrected chi connectivity index (χ1v) is 6.41. The van der Waals surface area contributed by atoms with E-state index in [1.54, 1.807) is 0 Å². The topological polar surface area (TPSA) is 52.6 Å². The summed E-state index contributed by atoms with van der Waals surface area (Å²) in [4.78, 5) is 12.8. The number of aliphatic carboxylic acids is 1. The Morgan fingerprint density at radius 1 is 1.38 bits per heavy atom. The van der Waals surface area contributed by atoms with Crippen LogP contribution < -0.4 is 5.32 Å². The molecule has 2 N–H and O–H groups in total. The van der Waals surface area contributed by atoms with Crippen molar-refractivity contribution in [2.45, 2.75) is 38.1 Å². The molecule has 0 aromatic rings. The number of nitrogens with one attached hydrogen (secondary N) is 1. The molecule has 1 atom stereocenters. The Morgan fingerprint density at radius 3 is 2.88 bits per heavy atom. The maximum absolute atomic E-state index is 10.5. The molecular formula is C12H22N2O2. The Morgan fingerprint density at radius 2 is 2.19 bits per heavy atom. The first kappa shape index (κ1) is 11.9. The molecule has 0 amide bonds. The SMILES string of the molecule is O=C(O)CCN1CCCC(NCC2CC2)C1. The lowest BCUT2D eigenvalue weighted by atomic mass is 10.1. The van der Waals surface area contributed by atoms with E-state index in [1.807, 2.05) is 0 Å². The molecule has 1 aliphatic heterocycles. The highest BCUT2D eigenvalue weighted by Gasteiger charge is 2.24. The van der Waals surface area contributed by atoms with Crippen molar-refractivity contribution >= 4 is 5.97 Å². The van der Waals surface area contributed by atoms with Crippen molar-refractivity contribution in [3.8, 4) is 0 Å². The van der Waals surface area contributed by atoms with Crippen molar-refractivity contribution in [2.75, 3.05) is 26.2 Å². The van der Waals surface area contributed by atoms with Crippen molar-refractivity contribution in [2.24, 2.45) is 5.92 Å². The first-order chi connectivity index (χ1) is 7.74. The summed E-state index contributed by atoms with van der Waals surface area (Å²) in [7, 11) is 0. The summed E-state index contributed by atoms with van der Waals surface area (Å²) < 4.78 is 0. The summed E-state index contributed by atoms with van der Waals surface area (Å²) in [5.74, 6) is 0.238. The molecule has 1 saturated carbocycles. The van der Waals surface area contributed by atoms with Gasteiger partial charge in [0.15, 0.2) is 0 Å². The zero-order valence-electron chi connectivity index (χ0n) is 9.82. The molecule has 2 fully saturated rings. The fourth-order valence-corrected chi connectivity index (χ4v) is 2.33. The average Bonchev–Trinajstić information content (AvgIpc) is 3.08. The van der Waals surface area contributed by atoms with Crippen molar-refractivity contribution in [1.29, 1.82) is 0 Å². The molecule has 16 heavy (non-hydrogen) atoms. The summed E-state index contributed by atoms with van der Waals surface area (Å²) >= 11 is 0. The number of carboxylic acids is 1. The molecule has 4 nitrogen and oxygen atoms in total. The summed E-state index contributed by atoms with van der Waals surface area (Å²) in [6.07, 6.45) is 5.50. The number of rotatable bonds is 6. The summed E-state index contributed by atoms with van der Waals surface area (Å²) in [5, 5.41) is 12.3. The van der Waals surface area contributed by atoms with Crippen LogP contribution in [0.4, 0.5) is 0 Å². The Bertz CT molecular complexity index is 241. The minimum absolute atomic E-state index is 0.273. The Labute approximate surface area is 97.0 Å². The van der Waals surface area contributed by atoms with Crippen molar-refractivity contribution in [3.05, 3.63) is 0 Å². The molecule has 1 heterocycles. The molecule has 1 unspecified atom stereocenters. The van der Waals surface area contributed by atoms with E-state index in [0.717, 1.165) is 25.6 Å². The van der Waals surface area contributed by atoms with E-state index in [2.05, 4.69) is 10.2 Å². The highest BCUT2D eigenvalue weighted by Crippen LogP contribution is 2.28. The van der Waals surface area contributed by atoms with Gasteiger partial charge in [-0.3, -0.25) is 4.79 Å². The second-order valence-electron chi connectivity index (χ2n) is 5.14. The van der Waals surface area contributed by atoms with Crippen molar-refractivity contribution in [1.82, 2.24) is 10.2 Å². The molecule has 1 aliphatic carbocycles. The molecule has 1 saturated heterocycles. The molecule has 2 aliphatic rings. The van der Waals surface area contributed by atoms with Gasteiger partial charge in [0.25, 0.3) is 0 Å². The van der Waals surface area contributed by atoms with Gasteiger partial charge in [0.1, 0.15) is 0 Å². The Kier molecular flexibility index (Phi) is 4.18. The summed E-state index contributed by atoms with van der Waals surface area (Å²) in [5.41, 5.74) is 0. The van der Waals surface area contributed by atoms with Crippen molar-refractivity contribution in [3.63, 3.8) is 0 Å². The van der Waals surface area contributed by atoms with E-state index in [1.165, 1.54) is 25.7 Å². The van der Waals surface area contributed by atoms with Crippen molar-refractivity contribution < 1.29 is 9.90 Å². The standard InChI is InChI=1S/C12H22N2O2/c15-12(16)5-7-14-6-1-2-11(9-14)13-8-10-3-4-10/h10-11,13H,1-9H2,(H,15,16). The minimum Gasteiger partial charge on any atom is -0.481 e. The van der Waals surface area contributed by atoms with E-state index in [-0.39, 0.29) is 6.42 Å². The van der Waals surface area contributed by atoms with Crippen LogP contribution in [0.5, 0.6) is 0 Å². The molecule has 2 rings (SSSR count). The van der Waals surface area contributed by atoms with Gasteiger partial charge in [-0.2, -0.15) is 0 Å². The number of likely N-dealkylation sites (tertiary alicyclic amines) is 1. The third-order valence-electron chi connectivity index (χ3n) is 3.54. The lowest BCUT2D eigenvalue weighted by molar-refractivity contribution is -0.137. The predicted molar refractivity (Wildman–Crippen MR) is 62.4 cm³/mol. The van der Waals surface area contributed by atoms with Crippen LogP contribution in [0, 0.1) is 5.92 Å². The number of carbonyl (C=O) groups is 1. The number of piperidine rings is 1. The summed E-state index contributed by atoms with van der Waals surface area (Å²) in [6, 6.07) is 0.586. The lowest BCUT2D eigenvalue weighted by Crippen LogP contribution is -2.46. The van der Waals surface area contributed by atoms with Gasteiger partial charge in [-0.15, -0.1) is 0 Å². The fourth-order valence-electron chi connectivity index (χ4n) is 2.33. The summed E-state index contributed by atoms with van der Waals surface area (Å²) in [6.45, 7) is 3.96. The largest absolute Gasteiger partial charge is 0.481 e. The molecule has 92 valence electrons. The van der Waals surface area contributed by atoms with Gasteiger partial charge in [-0.05, 0) is 44.7 Å². The minimum atomic E-state index is -0.687. The third kappa shape index (κ3) is 4.10. The van der Waals surface area contributed by atoms with Crippen LogP contribution in [-0.2, 0) is 4.79 Å². The smallest absolute Gasteiger partial charge is 0.304 e. The van der Waals surface area contributed by atoms with Gasteiger partial charge in [0.2, 0.25) is 0 Å². The zero-order valence-corrected chi connectivity index (χ0v) is 9.82. The normalized spacial score (nSPS) is 26.9. The number of carboxylic acid groups (broad SMARTS) is 1. The highest BCUT2D eigenvalue weighted by atomic mass is 16.4. The van der Waals surface area contributed by atoms with Gasteiger partial charge in [-0.1, -0.05) is 0 Å². The highest BCUT2D eigenvalue weighted by molar-refractivity contribution is 5.66. The molecule has 0 bridgehead atoms. The molecule has 0 aromatic heterocycles. The molecule has 0 aromatic carbocycles. The maximum atomic E-state index is 10.5. The Balaban J connectivity index is 1.64. The second kappa shape index (κ2) is 5.64. The van der Waals surface area contributed by atoms with Crippen LogP contribution in [-0.4, -0.2) is 48.2 Å². The zero-order chi connectivity index (χ0) is 11.4. The molecule has 0 radical (unpaired) electrons. The van der Waals surface area contributed by atoms with Gasteiger partial charge >= 0.3 is 5.97 Å². The molecule has 4 heteroatoms. The van der Waals surface area contributed by atoms with Gasteiger partial charge in [0.05, 0.1) is 6.42 Å². The van der Waals surface area contributed by atoms with E-state index < -0.39 is 5.97 Å². The third-order valence-corrected chi connectivity index (χ3v) is 3.54. The molecular weight excluding hydrogens is 204 g/mol. The van der Waals surface area contributed by atoms with Crippen LogP contribution in [0.2, 0.25) is 0 Å². The van der Waals surface area contributed by atoms with Crippen LogP contribution in [0.25, 0.3) is 0 Å². The quantitative estimate of drug-likeness (QED) is 0.707. The van der Waals surface area contributed by atoms with E-state index in [4.69, 9.17) is 5.11 Å². The lowest BCUT2D eigenvalue weighted by Gasteiger charge is -2.33. The fraction of sp³-hybridized carbons (Fsp3) is 0.917. The van der Waals surface area contributed by atoms with Crippen LogP contribution >= 0.6 is 0 Å². The van der Waals surface area contributed by atoms with Crippen LogP contribution in [0.15, 0.2) is 0 Å². The number of hydrogen-bond acceptors (Lipinski definition) is 3. The second-order valence-corrected chi connectivity index (χ2v) is 5.14. The first-order valence-electron chi connectivity index (χ1n) is 6.41. The molecule has 0 spiro atoms. The van der Waals surface area contributed by atoms with E-state index >= 15 is 0 Å². The van der Waals surface area contributed by atoms with Crippen LogP contribution in [0.1, 0.15) is 32.1 Å². The van der Waals surface area contributed by atoms with Gasteiger partial charge < -0.3 is 15.3 Å². The number of nitrogens with zero attached hydrogens (tertiary/aromatic N) is 1.